The van der Waals surface area contributed by atoms with Gasteiger partial charge < -0.3 is 9.73 Å². The Kier molecular flexibility index (Phi) is 8.21. The molecule has 1 atom stereocenters. The van der Waals surface area contributed by atoms with Crippen molar-refractivity contribution in [3.05, 3.63) is 125 Å². The fourth-order valence-electron chi connectivity index (χ4n) is 3.94. The first-order valence-corrected chi connectivity index (χ1v) is 11.7. The highest BCUT2D eigenvalue weighted by Gasteiger charge is 2.30. The van der Waals surface area contributed by atoms with Crippen molar-refractivity contribution >= 4 is 5.91 Å². The van der Waals surface area contributed by atoms with Gasteiger partial charge in [-0.15, -0.1) is 0 Å². The number of halogens is 5. The Morgan fingerprint density at radius 2 is 1.74 bits per heavy atom. The van der Waals surface area contributed by atoms with E-state index in [1.165, 1.54) is 24.5 Å². The summed E-state index contributed by atoms with van der Waals surface area (Å²) in [7, 11) is 0. The minimum Gasteiger partial charge on any atom is -0.447 e. The van der Waals surface area contributed by atoms with E-state index in [0.29, 0.717) is 5.56 Å². The van der Waals surface area contributed by atoms with Gasteiger partial charge >= 0.3 is 6.18 Å². The number of oxazole rings is 1. The predicted molar refractivity (Wildman–Crippen MR) is 130 cm³/mol. The van der Waals surface area contributed by atoms with E-state index in [9.17, 15) is 26.7 Å². The van der Waals surface area contributed by atoms with E-state index in [-0.39, 0.29) is 42.8 Å². The average molecular weight is 530 g/mol. The van der Waals surface area contributed by atoms with Crippen LogP contribution >= 0.6 is 0 Å². The summed E-state index contributed by atoms with van der Waals surface area (Å²) in [4.78, 5) is 18.5. The van der Waals surface area contributed by atoms with Crippen LogP contribution in [0.3, 0.4) is 0 Å². The molecule has 4 rings (SSSR count). The molecule has 0 saturated heterocycles. The van der Waals surface area contributed by atoms with Crippen LogP contribution in [0.15, 0.2) is 83.5 Å². The molecule has 0 saturated carbocycles. The lowest BCUT2D eigenvalue weighted by molar-refractivity contribution is -0.137. The first-order valence-electron chi connectivity index (χ1n) is 11.7. The van der Waals surface area contributed by atoms with Crippen LogP contribution in [0.25, 0.3) is 0 Å². The molecule has 198 valence electrons. The molecule has 5 nitrogen and oxygen atoms in total. The van der Waals surface area contributed by atoms with Crippen molar-refractivity contribution in [3.63, 3.8) is 0 Å². The number of hydrogen-bond acceptors (Lipinski definition) is 4. The molecule has 10 heteroatoms. The summed E-state index contributed by atoms with van der Waals surface area (Å²) in [6.07, 6.45) is -3.34. The minimum atomic E-state index is -4.52. The fourth-order valence-corrected chi connectivity index (χ4v) is 3.94. The smallest absolute Gasteiger partial charge is 0.416 e. The van der Waals surface area contributed by atoms with Crippen molar-refractivity contribution in [1.29, 1.82) is 0 Å². The van der Waals surface area contributed by atoms with Crippen LogP contribution in [0.4, 0.5) is 22.0 Å². The van der Waals surface area contributed by atoms with E-state index >= 15 is 0 Å². The highest BCUT2D eigenvalue weighted by molar-refractivity contribution is 5.92. The Morgan fingerprint density at radius 1 is 0.974 bits per heavy atom. The van der Waals surface area contributed by atoms with Gasteiger partial charge in [0.15, 0.2) is 5.69 Å². The molecule has 0 fully saturated rings. The van der Waals surface area contributed by atoms with Crippen LogP contribution in [-0.4, -0.2) is 15.8 Å². The molecule has 38 heavy (non-hydrogen) atoms. The lowest BCUT2D eigenvalue weighted by Crippen LogP contribution is -2.27. The zero-order valence-corrected chi connectivity index (χ0v) is 20.3. The van der Waals surface area contributed by atoms with Crippen LogP contribution in [-0.2, 0) is 25.8 Å². The Hall–Kier alpha value is -4.05. The van der Waals surface area contributed by atoms with Crippen molar-refractivity contribution in [2.45, 2.75) is 38.8 Å². The lowest BCUT2D eigenvalue weighted by Gasteiger charge is -2.22. The van der Waals surface area contributed by atoms with Gasteiger partial charge in [0, 0.05) is 24.7 Å². The minimum absolute atomic E-state index is 0.0182. The summed E-state index contributed by atoms with van der Waals surface area (Å²) in [6, 6.07) is 16.9. The topological polar surface area (TPSA) is 58.4 Å². The molecule has 3 aromatic carbocycles. The van der Waals surface area contributed by atoms with Crippen molar-refractivity contribution in [1.82, 2.24) is 15.2 Å². The van der Waals surface area contributed by atoms with Gasteiger partial charge in [0.1, 0.15) is 17.9 Å². The first kappa shape index (κ1) is 27.0. The molecular weight excluding hydrogens is 505 g/mol. The molecular formula is C28H24F5N3O2. The maximum absolute atomic E-state index is 14.4. The normalized spacial score (nSPS) is 12.5. The molecule has 0 unspecified atom stereocenters. The number of hydrogen-bond donors (Lipinski definition) is 1. The van der Waals surface area contributed by atoms with Gasteiger partial charge in [0.05, 0.1) is 18.2 Å². The first-order chi connectivity index (χ1) is 18.1. The van der Waals surface area contributed by atoms with Crippen LogP contribution in [0.5, 0.6) is 0 Å². The quantitative estimate of drug-likeness (QED) is 0.246. The number of alkyl halides is 3. The third-order valence-electron chi connectivity index (χ3n) is 5.86. The second-order valence-electron chi connectivity index (χ2n) is 8.81. The Bertz CT molecular complexity index is 1390. The number of rotatable bonds is 9. The van der Waals surface area contributed by atoms with Gasteiger partial charge in [-0.05, 0) is 30.2 Å². The molecule has 4 aromatic rings. The molecule has 0 spiro atoms. The molecule has 1 N–H and O–H groups in total. The van der Waals surface area contributed by atoms with E-state index in [1.807, 2.05) is 37.3 Å². The largest absolute Gasteiger partial charge is 0.447 e. The highest BCUT2D eigenvalue weighted by Crippen LogP contribution is 2.30. The number of nitrogens with one attached hydrogen (secondary N) is 1. The number of amides is 1. The third kappa shape index (κ3) is 7.04. The summed E-state index contributed by atoms with van der Waals surface area (Å²) in [5.41, 5.74) is 0.571. The predicted octanol–water partition coefficient (Wildman–Crippen LogP) is 6.67. The van der Waals surface area contributed by atoms with E-state index in [2.05, 4.69) is 10.3 Å². The van der Waals surface area contributed by atoms with Gasteiger partial charge in [-0.25, -0.2) is 13.8 Å². The monoisotopic (exact) mass is 529 g/mol. The molecule has 0 bridgehead atoms. The number of carbonyl (C=O) groups excluding carboxylic acids is 1. The highest BCUT2D eigenvalue weighted by atomic mass is 19.4. The van der Waals surface area contributed by atoms with Gasteiger partial charge in [0.25, 0.3) is 5.91 Å². The Morgan fingerprint density at radius 3 is 2.45 bits per heavy atom. The molecule has 1 aromatic heterocycles. The van der Waals surface area contributed by atoms with E-state index in [1.54, 1.807) is 4.90 Å². The number of carbonyl (C=O) groups is 1. The number of aromatic nitrogens is 1. The maximum atomic E-state index is 14.4. The van der Waals surface area contributed by atoms with Crippen molar-refractivity contribution in [3.8, 4) is 0 Å². The second kappa shape index (κ2) is 11.6. The van der Waals surface area contributed by atoms with Gasteiger partial charge in [-0.1, -0.05) is 54.6 Å². The molecule has 1 amide bonds. The standard InChI is InChI=1S/C28H24F5N3O2/c1-18(20-7-3-2-4-8-20)34-27(37)25-17-38-26(35-25)16-36(15-21-10-11-23(29)13-24(21)30)14-19-6-5-9-22(12-19)28(31,32)33/h2-13,17-18H,14-16H2,1H3,(H,34,37)/t18-/m1/s1. The molecule has 1 heterocycles. The van der Waals surface area contributed by atoms with Crippen molar-refractivity contribution in [2.24, 2.45) is 0 Å². The van der Waals surface area contributed by atoms with Crippen LogP contribution < -0.4 is 5.32 Å². The second-order valence-corrected chi connectivity index (χ2v) is 8.81. The van der Waals surface area contributed by atoms with Gasteiger partial charge in [0.2, 0.25) is 5.89 Å². The number of benzene rings is 3. The zero-order chi connectivity index (χ0) is 27.3. The van der Waals surface area contributed by atoms with E-state index in [4.69, 9.17) is 4.42 Å². The summed E-state index contributed by atoms with van der Waals surface area (Å²) >= 11 is 0. The number of nitrogens with zero attached hydrogens (tertiary/aromatic N) is 2. The fraction of sp³-hybridized carbons (Fsp3) is 0.214. The summed E-state index contributed by atoms with van der Waals surface area (Å²) in [6.45, 7) is 1.68. The van der Waals surface area contributed by atoms with Crippen molar-refractivity contribution < 1.29 is 31.2 Å². The van der Waals surface area contributed by atoms with E-state index in [0.717, 1.165) is 29.8 Å². The molecule has 0 radical (unpaired) electrons. The summed E-state index contributed by atoms with van der Waals surface area (Å²) in [5, 5.41) is 2.83. The Balaban J connectivity index is 1.52. The zero-order valence-electron chi connectivity index (χ0n) is 20.3. The molecule has 0 aliphatic heterocycles. The van der Waals surface area contributed by atoms with Crippen LogP contribution in [0.1, 0.15) is 51.6 Å². The van der Waals surface area contributed by atoms with Gasteiger partial charge in [-0.2, -0.15) is 13.2 Å². The van der Waals surface area contributed by atoms with Crippen molar-refractivity contribution in [2.75, 3.05) is 0 Å². The maximum Gasteiger partial charge on any atom is 0.416 e. The van der Waals surface area contributed by atoms with Crippen LogP contribution in [0.2, 0.25) is 0 Å². The van der Waals surface area contributed by atoms with Gasteiger partial charge in [-0.3, -0.25) is 9.69 Å². The summed E-state index contributed by atoms with van der Waals surface area (Å²) < 4.78 is 72.8. The third-order valence-corrected chi connectivity index (χ3v) is 5.86. The lowest BCUT2D eigenvalue weighted by atomic mass is 10.1. The average Bonchev–Trinajstić information content (AvgIpc) is 3.34. The SMILES string of the molecule is C[C@@H](NC(=O)c1coc(CN(Cc2cccc(C(F)(F)F)c2)Cc2ccc(F)cc2F)n1)c1ccccc1. The molecule has 0 aliphatic rings. The molecule has 0 aliphatic carbocycles. The van der Waals surface area contributed by atoms with Crippen LogP contribution in [0, 0.1) is 11.6 Å². The summed E-state index contributed by atoms with van der Waals surface area (Å²) in [5.74, 6) is -1.90. The Labute approximate surface area is 215 Å². The van der Waals surface area contributed by atoms with E-state index < -0.39 is 29.3 Å².